The summed E-state index contributed by atoms with van der Waals surface area (Å²) in [7, 11) is 0. The van der Waals surface area contributed by atoms with Crippen LogP contribution in [0.3, 0.4) is 0 Å². The van der Waals surface area contributed by atoms with Crippen molar-refractivity contribution in [3.05, 3.63) is 11.3 Å². The number of aromatic amines is 1. The minimum Gasteiger partial charge on any atom is -0.309 e. The van der Waals surface area contributed by atoms with Gasteiger partial charge in [-0.2, -0.15) is 5.10 Å². The van der Waals surface area contributed by atoms with Gasteiger partial charge in [-0.25, -0.2) is 0 Å². The zero-order chi connectivity index (χ0) is 13.5. The van der Waals surface area contributed by atoms with E-state index in [2.05, 4.69) is 34.7 Å². The number of amides is 1. The number of carbonyl (C=O) groups is 1. The van der Waals surface area contributed by atoms with Crippen LogP contribution in [0.15, 0.2) is 0 Å². The molecule has 0 saturated heterocycles. The summed E-state index contributed by atoms with van der Waals surface area (Å²) in [6.45, 7) is 4.99. The van der Waals surface area contributed by atoms with E-state index in [0.29, 0.717) is 5.82 Å². The molecule has 1 amide bonds. The summed E-state index contributed by atoms with van der Waals surface area (Å²) in [6, 6.07) is 0. The van der Waals surface area contributed by atoms with Crippen molar-refractivity contribution in [3.63, 3.8) is 0 Å². The molecule has 0 bridgehead atoms. The van der Waals surface area contributed by atoms with Crippen molar-refractivity contribution in [2.45, 2.75) is 58.0 Å². The van der Waals surface area contributed by atoms with Crippen LogP contribution in [-0.2, 0) is 16.9 Å². The minimum atomic E-state index is -0.0872. The Labute approximate surface area is 113 Å². The number of hydrogen-bond acceptors (Lipinski definition) is 3. The quantitative estimate of drug-likeness (QED) is 0.765. The third kappa shape index (κ3) is 2.27. The van der Waals surface area contributed by atoms with Crippen LogP contribution in [0.2, 0.25) is 0 Å². The second-order valence-corrected chi connectivity index (χ2v) is 6.23. The molecule has 0 radical (unpaired) electrons. The Bertz CT molecular complexity index is 486. The highest BCUT2D eigenvalue weighted by molar-refractivity contribution is 5.92. The van der Waals surface area contributed by atoms with Gasteiger partial charge in [-0.05, 0) is 26.7 Å². The van der Waals surface area contributed by atoms with Crippen molar-refractivity contribution >= 4 is 11.7 Å². The van der Waals surface area contributed by atoms with Gasteiger partial charge in [0.1, 0.15) is 0 Å². The van der Waals surface area contributed by atoms with Crippen LogP contribution in [0.5, 0.6) is 0 Å². The number of carbonyl (C=O) groups excluding carboxylic acids is 1. The molecule has 1 aromatic rings. The maximum atomic E-state index is 12.2. The zero-order valence-corrected chi connectivity index (χ0v) is 11.7. The van der Waals surface area contributed by atoms with Crippen LogP contribution in [0.25, 0.3) is 0 Å². The standard InChI is InChI=1S/C14H22N4O/c1-14(2)11-10(8-15-14)12(18-17-11)16-13(19)9-6-4-3-5-7-9/h9,15H,3-8H2,1-2H3,(H2,16,17,18,19). The molecule has 5 nitrogen and oxygen atoms in total. The predicted molar refractivity (Wildman–Crippen MR) is 73.7 cm³/mol. The molecule has 0 unspecified atom stereocenters. The van der Waals surface area contributed by atoms with E-state index in [-0.39, 0.29) is 17.4 Å². The van der Waals surface area contributed by atoms with Gasteiger partial charge in [-0.15, -0.1) is 0 Å². The molecule has 1 aliphatic heterocycles. The van der Waals surface area contributed by atoms with E-state index in [9.17, 15) is 4.79 Å². The van der Waals surface area contributed by atoms with Gasteiger partial charge >= 0.3 is 0 Å². The third-order valence-electron chi connectivity index (χ3n) is 4.42. The smallest absolute Gasteiger partial charge is 0.228 e. The Morgan fingerprint density at radius 2 is 2.05 bits per heavy atom. The molecule has 3 rings (SSSR count). The lowest BCUT2D eigenvalue weighted by atomic mass is 9.88. The first-order chi connectivity index (χ1) is 9.08. The van der Waals surface area contributed by atoms with Gasteiger partial charge in [0.2, 0.25) is 5.91 Å². The van der Waals surface area contributed by atoms with Gasteiger partial charge in [-0.1, -0.05) is 19.3 Å². The summed E-state index contributed by atoms with van der Waals surface area (Å²) in [4.78, 5) is 12.2. The SMILES string of the molecule is CC1(C)NCc2c(NC(=O)C3CCCCC3)n[nH]c21. The largest absolute Gasteiger partial charge is 0.309 e. The van der Waals surface area contributed by atoms with Crippen LogP contribution in [0.1, 0.15) is 57.2 Å². The van der Waals surface area contributed by atoms with Crippen LogP contribution < -0.4 is 10.6 Å². The van der Waals surface area contributed by atoms with Crippen LogP contribution >= 0.6 is 0 Å². The summed E-state index contributed by atoms with van der Waals surface area (Å²) in [5.41, 5.74) is 2.11. The normalized spacial score (nSPS) is 22.2. The molecule has 1 aromatic heterocycles. The minimum absolute atomic E-state index is 0.0872. The van der Waals surface area contributed by atoms with E-state index in [1.54, 1.807) is 0 Å². The maximum Gasteiger partial charge on any atom is 0.228 e. The summed E-state index contributed by atoms with van der Waals surface area (Å²) >= 11 is 0. The Morgan fingerprint density at radius 3 is 2.79 bits per heavy atom. The maximum absolute atomic E-state index is 12.2. The third-order valence-corrected chi connectivity index (χ3v) is 4.42. The highest BCUT2D eigenvalue weighted by Gasteiger charge is 2.34. The molecule has 19 heavy (non-hydrogen) atoms. The number of H-pyrrole nitrogens is 1. The van der Waals surface area contributed by atoms with Crippen LogP contribution in [0.4, 0.5) is 5.82 Å². The molecule has 0 spiro atoms. The molecule has 104 valence electrons. The highest BCUT2D eigenvalue weighted by Crippen LogP contribution is 2.33. The van der Waals surface area contributed by atoms with Crippen LogP contribution in [-0.4, -0.2) is 16.1 Å². The van der Waals surface area contributed by atoms with Crippen LogP contribution in [0, 0.1) is 5.92 Å². The predicted octanol–water partition coefficient (Wildman–Crippen LogP) is 2.27. The molecule has 1 saturated carbocycles. The van der Waals surface area contributed by atoms with Gasteiger partial charge in [0, 0.05) is 18.0 Å². The summed E-state index contributed by atoms with van der Waals surface area (Å²) in [5.74, 6) is 1.02. The van der Waals surface area contributed by atoms with Crippen molar-refractivity contribution < 1.29 is 4.79 Å². The van der Waals surface area contributed by atoms with E-state index < -0.39 is 0 Å². The van der Waals surface area contributed by atoms with E-state index >= 15 is 0 Å². The van der Waals surface area contributed by atoms with E-state index in [0.717, 1.165) is 30.6 Å². The average molecular weight is 262 g/mol. The van der Waals surface area contributed by atoms with E-state index in [1.807, 2.05) is 0 Å². The van der Waals surface area contributed by atoms with Gasteiger partial charge in [0.15, 0.2) is 5.82 Å². The Hall–Kier alpha value is -1.36. The molecule has 3 N–H and O–H groups in total. The molecule has 1 aliphatic carbocycles. The second kappa shape index (κ2) is 4.63. The van der Waals surface area contributed by atoms with Crippen molar-refractivity contribution in [2.75, 3.05) is 5.32 Å². The van der Waals surface area contributed by atoms with Crippen molar-refractivity contribution in [1.82, 2.24) is 15.5 Å². The number of rotatable bonds is 2. The lowest BCUT2D eigenvalue weighted by Gasteiger charge is -2.20. The number of nitrogens with one attached hydrogen (secondary N) is 3. The summed E-state index contributed by atoms with van der Waals surface area (Å²) in [6.07, 6.45) is 5.64. The molecule has 5 heteroatoms. The zero-order valence-electron chi connectivity index (χ0n) is 11.7. The number of aromatic nitrogens is 2. The first-order valence-electron chi connectivity index (χ1n) is 7.21. The molecular weight excluding hydrogens is 240 g/mol. The Balaban J connectivity index is 1.72. The lowest BCUT2D eigenvalue weighted by Crippen LogP contribution is -2.30. The van der Waals surface area contributed by atoms with E-state index in [4.69, 9.17) is 0 Å². The van der Waals surface area contributed by atoms with Gasteiger partial charge in [-0.3, -0.25) is 9.89 Å². The Kier molecular flexibility index (Phi) is 3.09. The fourth-order valence-corrected chi connectivity index (χ4v) is 3.14. The van der Waals surface area contributed by atoms with Gasteiger partial charge in [0.25, 0.3) is 0 Å². The van der Waals surface area contributed by atoms with Crippen molar-refractivity contribution in [1.29, 1.82) is 0 Å². The Morgan fingerprint density at radius 1 is 1.32 bits per heavy atom. The number of anilines is 1. The summed E-state index contributed by atoms with van der Waals surface area (Å²) < 4.78 is 0. The molecule has 1 fully saturated rings. The molecular formula is C14H22N4O. The molecule has 2 heterocycles. The fraction of sp³-hybridized carbons (Fsp3) is 0.714. The molecule has 2 aliphatic rings. The number of nitrogens with zero attached hydrogens (tertiary/aromatic N) is 1. The lowest BCUT2D eigenvalue weighted by molar-refractivity contribution is -0.120. The first kappa shape index (κ1) is 12.7. The average Bonchev–Trinajstić information content (AvgIpc) is 2.93. The molecule has 0 aromatic carbocycles. The van der Waals surface area contributed by atoms with E-state index in [1.165, 1.54) is 19.3 Å². The van der Waals surface area contributed by atoms with Crippen molar-refractivity contribution in [3.8, 4) is 0 Å². The van der Waals surface area contributed by atoms with Gasteiger partial charge < -0.3 is 10.6 Å². The highest BCUT2D eigenvalue weighted by atomic mass is 16.2. The topological polar surface area (TPSA) is 69.8 Å². The monoisotopic (exact) mass is 262 g/mol. The number of hydrogen-bond donors (Lipinski definition) is 3. The first-order valence-corrected chi connectivity index (χ1v) is 7.21. The molecule has 0 atom stereocenters. The number of fused-ring (bicyclic) bond motifs is 1. The fourth-order valence-electron chi connectivity index (χ4n) is 3.14. The van der Waals surface area contributed by atoms with Gasteiger partial charge in [0.05, 0.1) is 11.2 Å². The second-order valence-electron chi connectivity index (χ2n) is 6.23. The van der Waals surface area contributed by atoms with Crippen molar-refractivity contribution in [2.24, 2.45) is 5.92 Å². The summed E-state index contributed by atoms with van der Waals surface area (Å²) in [5, 5.41) is 13.7.